The molecule has 1 aliphatic heterocycles. The Kier molecular flexibility index (Phi) is 4.65. The number of hydrogen-bond acceptors (Lipinski definition) is 3. The molecule has 0 fully saturated rings. The quantitative estimate of drug-likeness (QED) is 0.756. The standard InChI is InChI=1S/C16H15Cl2NOS/c17-15-8-13(16(18)21-15)14(20)10-19-7-3-6-11-4-1-2-5-12(11)9-19/h1-2,4-5,8H,3,6-7,9-10H2. The van der Waals surface area contributed by atoms with Gasteiger partial charge in [-0.25, -0.2) is 0 Å². The van der Waals surface area contributed by atoms with Crippen LogP contribution < -0.4 is 0 Å². The number of benzene rings is 1. The minimum atomic E-state index is 0.0440. The SMILES string of the molecule is O=C(CN1CCCc2ccccc2C1)c1cc(Cl)sc1Cl. The van der Waals surface area contributed by atoms with E-state index in [4.69, 9.17) is 23.2 Å². The van der Waals surface area contributed by atoms with Gasteiger partial charge in [0.15, 0.2) is 5.78 Å². The van der Waals surface area contributed by atoms with E-state index >= 15 is 0 Å². The zero-order valence-electron chi connectivity index (χ0n) is 11.4. The Balaban J connectivity index is 1.73. The molecule has 5 heteroatoms. The Labute approximate surface area is 138 Å². The molecular weight excluding hydrogens is 325 g/mol. The van der Waals surface area contributed by atoms with Crippen molar-refractivity contribution in [3.8, 4) is 0 Å². The van der Waals surface area contributed by atoms with E-state index in [0.717, 1.165) is 25.9 Å². The van der Waals surface area contributed by atoms with E-state index in [1.165, 1.54) is 22.5 Å². The zero-order valence-corrected chi connectivity index (χ0v) is 13.8. The molecule has 0 aliphatic carbocycles. The van der Waals surface area contributed by atoms with Crippen molar-refractivity contribution < 1.29 is 4.79 Å². The Morgan fingerprint density at radius 3 is 2.71 bits per heavy atom. The largest absolute Gasteiger partial charge is 0.293 e. The predicted octanol–water partition coefficient (Wildman–Crippen LogP) is 4.69. The molecule has 0 bridgehead atoms. The summed E-state index contributed by atoms with van der Waals surface area (Å²) in [7, 11) is 0. The normalized spacial score (nSPS) is 15.5. The number of hydrogen-bond donors (Lipinski definition) is 0. The lowest BCUT2D eigenvalue weighted by atomic mass is 10.0. The molecule has 21 heavy (non-hydrogen) atoms. The summed E-state index contributed by atoms with van der Waals surface area (Å²) in [4.78, 5) is 14.6. The summed E-state index contributed by atoms with van der Waals surface area (Å²) in [5.74, 6) is 0.0440. The highest BCUT2D eigenvalue weighted by Crippen LogP contribution is 2.31. The first-order valence-corrected chi connectivity index (χ1v) is 8.48. The smallest absolute Gasteiger partial charge is 0.179 e. The van der Waals surface area contributed by atoms with Crippen LogP contribution in [0.5, 0.6) is 0 Å². The topological polar surface area (TPSA) is 20.3 Å². The molecule has 0 unspecified atom stereocenters. The van der Waals surface area contributed by atoms with Gasteiger partial charge in [-0.15, -0.1) is 11.3 Å². The van der Waals surface area contributed by atoms with Gasteiger partial charge in [0.25, 0.3) is 0 Å². The zero-order chi connectivity index (χ0) is 14.8. The molecule has 1 aromatic heterocycles. The van der Waals surface area contributed by atoms with Crippen molar-refractivity contribution in [2.24, 2.45) is 0 Å². The van der Waals surface area contributed by atoms with Gasteiger partial charge in [-0.05, 0) is 36.6 Å². The molecule has 2 heterocycles. The second-order valence-electron chi connectivity index (χ2n) is 5.24. The maximum atomic E-state index is 12.4. The fourth-order valence-electron chi connectivity index (χ4n) is 2.72. The molecule has 0 amide bonds. The number of carbonyl (C=O) groups is 1. The number of fused-ring (bicyclic) bond motifs is 1. The molecule has 0 N–H and O–H groups in total. The van der Waals surface area contributed by atoms with E-state index in [9.17, 15) is 4.79 Å². The molecule has 3 rings (SSSR count). The van der Waals surface area contributed by atoms with Crippen LogP contribution in [0, 0.1) is 0 Å². The van der Waals surface area contributed by atoms with Crippen LogP contribution in [-0.4, -0.2) is 23.8 Å². The van der Waals surface area contributed by atoms with Crippen molar-refractivity contribution in [3.63, 3.8) is 0 Å². The third-order valence-electron chi connectivity index (χ3n) is 3.76. The molecular formula is C16H15Cl2NOS. The van der Waals surface area contributed by atoms with Crippen molar-refractivity contribution in [2.45, 2.75) is 19.4 Å². The van der Waals surface area contributed by atoms with Gasteiger partial charge in [-0.3, -0.25) is 9.69 Å². The van der Waals surface area contributed by atoms with Crippen LogP contribution in [0.1, 0.15) is 27.9 Å². The van der Waals surface area contributed by atoms with E-state index in [0.29, 0.717) is 20.8 Å². The van der Waals surface area contributed by atoms with Gasteiger partial charge in [0.05, 0.1) is 16.4 Å². The number of rotatable bonds is 3. The number of aryl methyl sites for hydroxylation is 1. The number of ketones is 1. The molecule has 1 aromatic carbocycles. The number of nitrogens with zero attached hydrogens (tertiary/aromatic N) is 1. The molecule has 0 saturated carbocycles. The first-order chi connectivity index (χ1) is 10.1. The van der Waals surface area contributed by atoms with E-state index < -0.39 is 0 Å². The highest BCUT2D eigenvalue weighted by molar-refractivity contribution is 7.20. The average molecular weight is 340 g/mol. The van der Waals surface area contributed by atoms with Gasteiger partial charge in [-0.2, -0.15) is 0 Å². The minimum absolute atomic E-state index is 0.0440. The second-order valence-corrected chi connectivity index (χ2v) is 7.53. The van der Waals surface area contributed by atoms with Gasteiger partial charge in [-0.1, -0.05) is 47.5 Å². The van der Waals surface area contributed by atoms with E-state index in [-0.39, 0.29) is 5.78 Å². The van der Waals surface area contributed by atoms with E-state index in [2.05, 4.69) is 29.2 Å². The lowest BCUT2D eigenvalue weighted by Crippen LogP contribution is -2.29. The summed E-state index contributed by atoms with van der Waals surface area (Å²) < 4.78 is 1.05. The second kappa shape index (κ2) is 6.49. The van der Waals surface area contributed by atoms with Crippen LogP contribution >= 0.6 is 34.5 Å². The molecule has 2 aromatic rings. The lowest BCUT2D eigenvalue weighted by Gasteiger charge is -2.19. The number of halogens is 2. The fourth-order valence-corrected chi connectivity index (χ4v) is 4.22. The Hall–Kier alpha value is -0.870. The van der Waals surface area contributed by atoms with Crippen molar-refractivity contribution in [1.29, 1.82) is 0 Å². The molecule has 1 aliphatic rings. The Bertz CT molecular complexity index is 668. The van der Waals surface area contributed by atoms with Crippen LogP contribution in [0.25, 0.3) is 0 Å². The van der Waals surface area contributed by atoms with Crippen LogP contribution in [0.3, 0.4) is 0 Å². The monoisotopic (exact) mass is 339 g/mol. The van der Waals surface area contributed by atoms with Crippen molar-refractivity contribution in [1.82, 2.24) is 4.90 Å². The maximum Gasteiger partial charge on any atom is 0.179 e. The highest BCUT2D eigenvalue weighted by Gasteiger charge is 2.20. The van der Waals surface area contributed by atoms with Gasteiger partial charge >= 0.3 is 0 Å². The summed E-state index contributed by atoms with van der Waals surface area (Å²) in [6, 6.07) is 10.1. The van der Waals surface area contributed by atoms with Crippen LogP contribution in [0.15, 0.2) is 30.3 Å². The van der Waals surface area contributed by atoms with E-state index in [1.807, 2.05) is 0 Å². The summed E-state index contributed by atoms with van der Waals surface area (Å²) in [5.41, 5.74) is 3.26. The van der Waals surface area contributed by atoms with Gasteiger partial charge in [0.2, 0.25) is 0 Å². The minimum Gasteiger partial charge on any atom is -0.293 e. The number of Topliss-reactive ketones (excluding diaryl/α,β-unsaturated/α-hetero) is 1. The highest BCUT2D eigenvalue weighted by atomic mass is 35.5. The van der Waals surface area contributed by atoms with Gasteiger partial charge < -0.3 is 0 Å². The number of carbonyl (C=O) groups excluding carboxylic acids is 1. The lowest BCUT2D eigenvalue weighted by molar-refractivity contribution is 0.0927. The fraction of sp³-hybridized carbons (Fsp3) is 0.312. The summed E-state index contributed by atoms with van der Waals surface area (Å²) in [6.45, 7) is 2.13. The third kappa shape index (κ3) is 3.49. The molecule has 0 spiro atoms. The molecule has 2 nitrogen and oxygen atoms in total. The Morgan fingerprint density at radius 2 is 2.00 bits per heavy atom. The summed E-state index contributed by atoms with van der Waals surface area (Å²) >= 11 is 13.2. The van der Waals surface area contributed by atoms with Crippen LogP contribution in [0.4, 0.5) is 0 Å². The Morgan fingerprint density at radius 1 is 1.24 bits per heavy atom. The van der Waals surface area contributed by atoms with Crippen molar-refractivity contribution in [3.05, 3.63) is 55.7 Å². The van der Waals surface area contributed by atoms with E-state index in [1.54, 1.807) is 6.07 Å². The first-order valence-electron chi connectivity index (χ1n) is 6.90. The predicted molar refractivity (Wildman–Crippen MR) is 88.7 cm³/mol. The van der Waals surface area contributed by atoms with Crippen molar-refractivity contribution >= 4 is 40.3 Å². The average Bonchev–Trinajstić information content (AvgIpc) is 2.68. The summed E-state index contributed by atoms with van der Waals surface area (Å²) in [6.07, 6.45) is 2.15. The molecule has 110 valence electrons. The van der Waals surface area contributed by atoms with Crippen LogP contribution in [0.2, 0.25) is 8.67 Å². The third-order valence-corrected chi connectivity index (χ3v) is 5.24. The van der Waals surface area contributed by atoms with Crippen molar-refractivity contribution in [2.75, 3.05) is 13.1 Å². The molecule has 0 atom stereocenters. The first kappa shape index (κ1) is 15.0. The van der Waals surface area contributed by atoms with Crippen LogP contribution in [-0.2, 0) is 13.0 Å². The molecule has 0 saturated heterocycles. The van der Waals surface area contributed by atoms with Gasteiger partial charge in [0.1, 0.15) is 4.34 Å². The molecule has 0 radical (unpaired) electrons. The van der Waals surface area contributed by atoms with Gasteiger partial charge in [0, 0.05) is 6.54 Å². The summed E-state index contributed by atoms with van der Waals surface area (Å²) in [5, 5.41) is 0. The number of thiophene rings is 1. The maximum absolute atomic E-state index is 12.4.